The third-order valence-electron chi connectivity index (χ3n) is 4.39. The monoisotopic (exact) mass is 278 g/mol. The number of furan rings is 1. The maximum atomic E-state index is 12.2. The van der Waals surface area contributed by atoms with Gasteiger partial charge >= 0.3 is 0 Å². The van der Waals surface area contributed by atoms with Crippen LogP contribution < -0.4 is 0 Å². The summed E-state index contributed by atoms with van der Waals surface area (Å²) in [4.78, 5) is 16.2. The molecule has 0 spiro atoms. The molecule has 1 saturated carbocycles. The highest BCUT2D eigenvalue weighted by molar-refractivity contribution is 5.77. The number of likely N-dealkylation sites (N-methyl/N-ethyl adjacent to an activating group) is 2. The van der Waals surface area contributed by atoms with Crippen LogP contribution in [0.4, 0.5) is 0 Å². The smallest absolute Gasteiger partial charge is 0.236 e. The van der Waals surface area contributed by atoms with E-state index in [0.717, 1.165) is 11.7 Å². The number of nitrogens with zero attached hydrogens (tertiary/aromatic N) is 2. The third-order valence-corrected chi connectivity index (χ3v) is 4.39. The van der Waals surface area contributed by atoms with Gasteiger partial charge in [0.15, 0.2) is 0 Å². The maximum Gasteiger partial charge on any atom is 0.236 e. The van der Waals surface area contributed by atoms with Crippen molar-refractivity contribution in [2.75, 3.05) is 20.6 Å². The van der Waals surface area contributed by atoms with Crippen molar-refractivity contribution in [2.24, 2.45) is 5.92 Å². The molecule has 2 rings (SSSR count). The summed E-state index contributed by atoms with van der Waals surface area (Å²) < 4.78 is 5.28. The summed E-state index contributed by atoms with van der Waals surface area (Å²) in [5, 5.41) is 0. The van der Waals surface area contributed by atoms with Crippen LogP contribution in [-0.4, -0.2) is 42.4 Å². The van der Waals surface area contributed by atoms with E-state index in [0.29, 0.717) is 19.1 Å². The van der Waals surface area contributed by atoms with Crippen LogP contribution in [0.2, 0.25) is 0 Å². The Bertz CT molecular complexity index is 408. The fourth-order valence-corrected chi connectivity index (χ4v) is 2.87. The lowest BCUT2D eigenvalue weighted by Gasteiger charge is -2.33. The number of carbonyl (C=O) groups excluding carboxylic acids is 1. The Morgan fingerprint density at radius 3 is 2.60 bits per heavy atom. The molecule has 0 radical (unpaired) electrons. The quantitative estimate of drug-likeness (QED) is 0.831. The average molecular weight is 278 g/mol. The molecule has 1 aliphatic rings. The minimum atomic E-state index is 0.155. The van der Waals surface area contributed by atoms with Crippen LogP contribution >= 0.6 is 0 Å². The van der Waals surface area contributed by atoms with Crippen molar-refractivity contribution in [3.8, 4) is 0 Å². The fraction of sp³-hybridized carbons (Fsp3) is 0.688. The zero-order chi connectivity index (χ0) is 14.5. The van der Waals surface area contributed by atoms with Gasteiger partial charge in [-0.15, -0.1) is 0 Å². The van der Waals surface area contributed by atoms with Gasteiger partial charge in [-0.1, -0.05) is 6.92 Å². The van der Waals surface area contributed by atoms with E-state index in [9.17, 15) is 4.79 Å². The Labute approximate surface area is 121 Å². The highest BCUT2D eigenvalue weighted by atomic mass is 16.3. The van der Waals surface area contributed by atoms with Gasteiger partial charge in [-0.3, -0.25) is 9.69 Å². The molecule has 1 heterocycles. The van der Waals surface area contributed by atoms with Crippen LogP contribution in [0.25, 0.3) is 0 Å². The molecule has 0 unspecified atom stereocenters. The number of hydrogen-bond donors (Lipinski definition) is 0. The normalized spacial score (nSPS) is 23.0. The molecule has 4 nitrogen and oxygen atoms in total. The molecular formula is C16H26N2O2. The van der Waals surface area contributed by atoms with Crippen molar-refractivity contribution < 1.29 is 9.21 Å². The molecule has 1 amide bonds. The first kappa shape index (κ1) is 15.1. The summed E-state index contributed by atoms with van der Waals surface area (Å²) in [5.74, 6) is 1.83. The molecule has 1 aromatic heterocycles. The molecule has 1 aliphatic carbocycles. The van der Waals surface area contributed by atoms with E-state index in [4.69, 9.17) is 4.42 Å². The van der Waals surface area contributed by atoms with Crippen molar-refractivity contribution in [3.05, 3.63) is 24.2 Å². The largest absolute Gasteiger partial charge is 0.467 e. The Hall–Kier alpha value is -1.29. The second kappa shape index (κ2) is 6.93. The Kier molecular flexibility index (Phi) is 5.24. The molecule has 0 bridgehead atoms. The molecule has 1 aromatic rings. The minimum absolute atomic E-state index is 0.155. The molecular weight excluding hydrogens is 252 g/mol. The van der Waals surface area contributed by atoms with Gasteiger partial charge in [0.25, 0.3) is 0 Å². The minimum Gasteiger partial charge on any atom is -0.467 e. The summed E-state index contributed by atoms with van der Waals surface area (Å²) in [6, 6.07) is 4.31. The molecule has 1 fully saturated rings. The van der Waals surface area contributed by atoms with Crippen molar-refractivity contribution >= 4 is 5.91 Å². The van der Waals surface area contributed by atoms with Crippen LogP contribution in [0.3, 0.4) is 0 Å². The second-order valence-corrected chi connectivity index (χ2v) is 6.16. The molecule has 0 saturated heterocycles. The van der Waals surface area contributed by atoms with Crippen molar-refractivity contribution in [1.82, 2.24) is 9.80 Å². The van der Waals surface area contributed by atoms with Gasteiger partial charge in [0.05, 0.1) is 19.4 Å². The van der Waals surface area contributed by atoms with E-state index in [1.165, 1.54) is 25.7 Å². The predicted octanol–water partition coefficient (Wildman–Crippen LogP) is 2.75. The van der Waals surface area contributed by atoms with Crippen molar-refractivity contribution in [1.29, 1.82) is 0 Å². The van der Waals surface area contributed by atoms with Crippen LogP contribution in [0, 0.1) is 5.92 Å². The number of rotatable bonds is 5. The standard InChI is InChI=1S/C16H26N2O2/c1-13-6-8-14(9-7-13)17(2)12-16(19)18(3)11-15-5-4-10-20-15/h4-5,10,13-14H,6-9,11-12H2,1-3H3. The zero-order valence-electron chi connectivity index (χ0n) is 12.8. The fourth-order valence-electron chi connectivity index (χ4n) is 2.87. The van der Waals surface area contributed by atoms with Gasteiger partial charge in [0, 0.05) is 13.1 Å². The van der Waals surface area contributed by atoms with Gasteiger partial charge in [-0.05, 0) is 50.8 Å². The predicted molar refractivity (Wildman–Crippen MR) is 79.2 cm³/mol. The third kappa shape index (κ3) is 4.10. The summed E-state index contributed by atoms with van der Waals surface area (Å²) in [7, 11) is 3.90. The lowest BCUT2D eigenvalue weighted by molar-refractivity contribution is -0.132. The number of amides is 1. The van der Waals surface area contributed by atoms with Crippen LogP contribution in [0.5, 0.6) is 0 Å². The van der Waals surface area contributed by atoms with Gasteiger partial charge in [-0.25, -0.2) is 0 Å². The summed E-state index contributed by atoms with van der Waals surface area (Å²) in [5.41, 5.74) is 0. The van der Waals surface area contributed by atoms with Gasteiger partial charge in [0.2, 0.25) is 5.91 Å². The Morgan fingerprint density at radius 1 is 1.30 bits per heavy atom. The molecule has 0 aliphatic heterocycles. The topological polar surface area (TPSA) is 36.7 Å². The highest BCUT2D eigenvalue weighted by Crippen LogP contribution is 2.26. The van der Waals surface area contributed by atoms with Crippen LogP contribution in [0.15, 0.2) is 22.8 Å². The van der Waals surface area contributed by atoms with Gasteiger partial charge in [0.1, 0.15) is 5.76 Å². The molecule has 4 heteroatoms. The second-order valence-electron chi connectivity index (χ2n) is 6.16. The van der Waals surface area contributed by atoms with Gasteiger partial charge < -0.3 is 9.32 Å². The number of hydrogen-bond acceptors (Lipinski definition) is 3. The molecule has 0 aromatic carbocycles. The van der Waals surface area contributed by atoms with E-state index in [2.05, 4.69) is 18.9 Å². The summed E-state index contributed by atoms with van der Waals surface area (Å²) >= 11 is 0. The van der Waals surface area contributed by atoms with Crippen LogP contribution in [-0.2, 0) is 11.3 Å². The van der Waals surface area contributed by atoms with Crippen LogP contribution in [0.1, 0.15) is 38.4 Å². The molecule has 0 N–H and O–H groups in total. The molecule has 0 atom stereocenters. The summed E-state index contributed by atoms with van der Waals surface area (Å²) in [6.45, 7) is 3.36. The van der Waals surface area contributed by atoms with Crippen molar-refractivity contribution in [2.45, 2.75) is 45.2 Å². The first-order valence-corrected chi connectivity index (χ1v) is 7.53. The first-order valence-electron chi connectivity index (χ1n) is 7.53. The Morgan fingerprint density at radius 2 is 2.00 bits per heavy atom. The van der Waals surface area contributed by atoms with E-state index >= 15 is 0 Å². The summed E-state index contributed by atoms with van der Waals surface area (Å²) in [6.07, 6.45) is 6.64. The average Bonchev–Trinajstić information content (AvgIpc) is 2.92. The zero-order valence-corrected chi connectivity index (χ0v) is 12.8. The molecule has 20 heavy (non-hydrogen) atoms. The van der Waals surface area contributed by atoms with E-state index in [1.807, 2.05) is 19.2 Å². The lowest BCUT2D eigenvalue weighted by Crippen LogP contribution is -2.42. The lowest BCUT2D eigenvalue weighted by atomic mass is 9.87. The van der Waals surface area contributed by atoms with E-state index in [1.54, 1.807) is 11.2 Å². The SMILES string of the molecule is CC1CCC(N(C)CC(=O)N(C)Cc2ccco2)CC1. The van der Waals surface area contributed by atoms with E-state index in [-0.39, 0.29) is 5.91 Å². The van der Waals surface area contributed by atoms with Crippen molar-refractivity contribution in [3.63, 3.8) is 0 Å². The Balaban J connectivity index is 1.78. The van der Waals surface area contributed by atoms with Gasteiger partial charge in [-0.2, -0.15) is 0 Å². The first-order chi connectivity index (χ1) is 9.56. The highest BCUT2D eigenvalue weighted by Gasteiger charge is 2.23. The molecule has 112 valence electrons. The number of carbonyl (C=O) groups is 1. The van der Waals surface area contributed by atoms with E-state index < -0.39 is 0 Å². The maximum absolute atomic E-state index is 12.2.